The van der Waals surface area contributed by atoms with E-state index in [1.807, 2.05) is 30.3 Å². The van der Waals surface area contributed by atoms with Crippen LogP contribution >= 0.6 is 0 Å². The highest BCUT2D eigenvalue weighted by Gasteiger charge is 2.14. The van der Waals surface area contributed by atoms with Crippen LogP contribution in [0.25, 0.3) is 0 Å². The normalized spacial score (nSPS) is 11.8. The van der Waals surface area contributed by atoms with Crippen molar-refractivity contribution >= 4 is 17.4 Å². The maximum Gasteiger partial charge on any atom is 0.275 e. The topological polar surface area (TPSA) is 94.6 Å². The van der Waals surface area contributed by atoms with Gasteiger partial charge in [0, 0.05) is 6.54 Å². The van der Waals surface area contributed by atoms with Crippen LogP contribution in [0.1, 0.15) is 16.1 Å². The van der Waals surface area contributed by atoms with Gasteiger partial charge in [-0.25, -0.2) is 9.97 Å². The predicted molar refractivity (Wildman–Crippen MR) is 103 cm³/mol. The molecule has 8 nitrogen and oxygen atoms in total. The number of amides is 1. The second-order valence-electron chi connectivity index (χ2n) is 5.98. The zero-order valence-corrected chi connectivity index (χ0v) is 15.1. The number of nitrogens with one attached hydrogen (secondary N) is 2. The fourth-order valence-electron chi connectivity index (χ4n) is 2.71. The second-order valence-corrected chi connectivity index (χ2v) is 5.98. The van der Waals surface area contributed by atoms with Crippen molar-refractivity contribution < 1.29 is 19.0 Å². The molecule has 3 aromatic rings. The van der Waals surface area contributed by atoms with E-state index >= 15 is 0 Å². The molecule has 0 bridgehead atoms. The molecule has 1 aliphatic rings. The average Bonchev–Trinajstić information content (AvgIpc) is 3.21. The summed E-state index contributed by atoms with van der Waals surface area (Å²) in [5.74, 6) is 2.25. The molecule has 0 saturated heterocycles. The third-order valence-corrected chi connectivity index (χ3v) is 4.15. The van der Waals surface area contributed by atoms with Gasteiger partial charge in [0.25, 0.3) is 5.91 Å². The molecule has 0 radical (unpaired) electrons. The molecule has 0 spiro atoms. The van der Waals surface area contributed by atoms with Crippen LogP contribution in [0.5, 0.6) is 17.2 Å². The lowest BCUT2D eigenvalue weighted by Crippen LogP contribution is -2.15. The van der Waals surface area contributed by atoms with Crippen LogP contribution < -0.4 is 24.8 Å². The molecular weight excluding hydrogens is 360 g/mol. The number of carbonyl (C=O) groups is 1. The standard InChI is InChI=1S/C20H18N4O4/c1-26-16-5-3-2-4-14(16)24-20(25)15-10-23-19(11-21-15)22-9-13-6-7-17-18(8-13)28-12-27-17/h2-8,10-11H,9,12H2,1H3,(H,22,23)(H,24,25). The first-order valence-electron chi connectivity index (χ1n) is 8.62. The van der Waals surface area contributed by atoms with Crippen molar-refractivity contribution in [3.05, 3.63) is 66.1 Å². The van der Waals surface area contributed by atoms with Gasteiger partial charge in [-0.2, -0.15) is 0 Å². The number of hydrogen-bond acceptors (Lipinski definition) is 7. The summed E-state index contributed by atoms with van der Waals surface area (Å²) in [7, 11) is 1.55. The Labute approximate surface area is 161 Å². The van der Waals surface area contributed by atoms with E-state index in [0.717, 1.165) is 17.1 Å². The van der Waals surface area contributed by atoms with Crippen LogP contribution in [0.15, 0.2) is 54.9 Å². The van der Waals surface area contributed by atoms with Gasteiger partial charge in [0.1, 0.15) is 17.3 Å². The molecule has 1 aromatic heterocycles. The maximum absolute atomic E-state index is 12.4. The average molecular weight is 378 g/mol. The Balaban J connectivity index is 1.37. The Morgan fingerprint density at radius 2 is 1.96 bits per heavy atom. The Morgan fingerprint density at radius 1 is 1.11 bits per heavy atom. The van der Waals surface area contributed by atoms with E-state index in [1.54, 1.807) is 19.2 Å². The summed E-state index contributed by atoms with van der Waals surface area (Å²) in [4.78, 5) is 20.8. The van der Waals surface area contributed by atoms with Gasteiger partial charge in [0.15, 0.2) is 11.5 Å². The third kappa shape index (κ3) is 3.80. The van der Waals surface area contributed by atoms with Crippen molar-refractivity contribution in [1.82, 2.24) is 9.97 Å². The molecule has 142 valence electrons. The predicted octanol–water partition coefficient (Wildman–Crippen LogP) is 3.08. The fourth-order valence-corrected chi connectivity index (χ4v) is 2.71. The molecule has 2 aromatic carbocycles. The van der Waals surface area contributed by atoms with Crippen molar-refractivity contribution in [2.24, 2.45) is 0 Å². The van der Waals surface area contributed by atoms with E-state index in [4.69, 9.17) is 14.2 Å². The van der Waals surface area contributed by atoms with E-state index in [2.05, 4.69) is 20.6 Å². The summed E-state index contributed by atoms with van der Waals surface area (Å²) in [6, 6.07) is 12.9. The van der Waals surface area contributed by atoms with Crippen molar-refractivity contribution in [1.29, 1.82) is 0 Å². The SMILES string of the molecule is COc1ccccc1NC(=O)c1cnc(NCc2ccc3c(c2)OCO3)cn1. The number of ether oxygens (including phenoxy) is 3. The molecule has 28 heavy (non-hydrogen) atoms. The van der Waals surface area contributed by atoms with E-state index in [9.17, 15) is 4.79 Å². The van der Waals surface area contributed by atoms with Crippen molar-refractivity contribution in [2.45, 2.75) is 6.54 Å². The summed E-state index contributed by atoms with van der Waals surface area (Å²) in [6.07, 6.45) is 2.94. The molecule has 0 aliphatic carbocycles. The maximum atomic E-state index is 12.4. The van der Waals surface area contributed by atoms with Gasteiger partial charge in [0.05, 0.1) is 25.2 Å². The third-order valence-electron chi connectivity index (χ3n) is 4.15. The molecule has 0 saturated carbocycles. The van der Waals surface area contributed by atoms with Crippen molar-refractivity contribution in [3.63, 3.8) is 0 Å². The Bertz CT molecular complexity index is 992. The van der Waals surface area contributed by atoms with Gasteiger partial charge in [0.2, 0.25) is 6.79 Å². The molecule has 2 N–H and O–H groups in total. The number of benzene rings is 2. The Hall–Kier alpha value is -3.81. The van der Waals surface area contributed by atoms with Gasteiger partial charge in [-0.3, -0.25) is 4.79 Å². The molecule has 8 heteroatoms. The molecular formula is C20H18N4O4. The quantitative estimate of drug-likeness (QED) is 0.681. The number of fused-ring (bicyclic) bond motifs is 1. The first kappa shape index (κ1) is 17.6. The van der Waals surface area contributed by atoms with E-state index < -0.39 is 0 Å². The number of hydrogen-bond donors (Lipinski definition) is 2. The van der Waals surface area contributed by atoms with E-state index in [0.29, 0.717) is 23.8 Å². The first-order chi connectivity index (χ1) is 13.7. The lowest BCUT2D eigenvalue weighted by molar-refractivity contribution is 0.102. The lowest BCUT2D eigenvalue weighted by Gasteiger charge is -2.10. The minimum atomic E-state index is -0.362. The number of rotatable bonds is 6. The zero-order chi connectivity index (χ0) is 19.3. The van der Waals surface area contributed by atoms with Crippen LogP contribution in [0.2, 0.25) is 0 Å². The van der Waals surface area contributed by atoms with E-state index in [1.165, 1.54) is 12.4 Å². The summed E-state index contributed by atoms with van der Waals surface area (Å²) in [5.41, 5.74) is 1.80. The smallest absolute Gasteiger partial charge is 0.275 e. The highest BCUT2D eigenvalue weighted by molar-refractivity contribution is 6.03. The van der Waals surface area contributed by atoms with E-state index in [-0.39, 0.29) is 18.4 Å². The van der Waals surface area contributed by atoms with Crippen LogP contribution in [0, 0.1) is 0 Å². The number of anilines is 2. The van der Waals surface area contributed by atoms with Gasteiger partial charge in [-0.05, 0) is 29.8 Å². The Kier molecular flexibility index (Phi) is 4.92. The van der Waals surface area contributed by atoms with Gasteiger partial charge < -0.3 is 24.8 Å². The molecule has 0 fully saturated rings. The summed E-state index contributed by atoms with van der Waals surface area (Å²) in [5, 5.41) is 5.93. The molecule has 1 amide bonds. The molecule has 0 unspecified atom stereocenters. The van der Waals surface area contributed by atoms with Crippen LogP contribution in [0.4, 0.5) is 11.5 Å². The van der Waals surface area contributed by atoms with Crippen molar-refractivity contribution in [2.75, 3.05) is 24.5 Å². The first-order valence-corrected chi connectivity index (χ1v) is 8.62. The van der Waals surface area contributed by atoms with Crippen LogP contribution in [-0.2, 0) is 6.54 Å². The molecule has 0 atom stereocenters. The second kappa shape index (κ2) is 7.83. The minimum absolute atomic E-state index is 0.208. The largest absolute Gasteiger partial charge is 0.495 e. The van der Waals surface area contributed by atoms with Gasteiger partial charge in [-0.1, -0.05) is 18.2 Å². The lowest BCUT2D eigenvalue weighted by atomic mass is 10.2. The molecule has 4 rings (SSSR count). The highest BCUT2D eigenvalue weighted by atomic mass is 16.7. The number of nitrogens with zero attached hydrogens (tertiary/aromatic N) is 2. The van der Waals surface area contributed by atoms with Gasteiger partial charge in [-0.15, -0.1) is 0 Å². The number of para-hydroxylation sites is 2. The molecule has 1 aliphatic heterocycles. The number of methoxy groups -OCH3 is 1. The fraction of sp³-hybridized carbons (Fsp3) is 0.150. The monoisotopic (exact) mass is 378 g/mol. The molecule has 2 heterocycles. The highest BCUT2D eigenvalue weighted by Crippen LogP contribution is 2.32. The summed E-state index contributed by atoms with van der Waals surface area (Å²) < 4.78 is 15.9. The Morgan fingerprint density at radius 3 is 2.79 bits per heavy atom. The van der Waals surface area contributed by atoms with Crippen LogP contribution in [0.3, 0.4) is 0 Å². The number of aromatic nitrogens is 2. The van der Waals surface area contributed by atoms with Crippen molar-refractivity contribution in [3.8, 4) is 17.2 Å². The van der Waals surface area contributed by atoms with Crippen LogP contribution in [-0.4, -0.2) is 29.8 Å². The zero-order valence-electron chi connectivity index (χ0n) is 15.1. The number of carbonyl (C=O) groups excluding carboxylic acids is 1. The summed E-state index contributed by atoms with van der Waals surface area (Å²) >= 11 is 0. The minimum Gasteiger partial charge on any atom is -0.495 e. The summed E-state index contributed by atoms with van der Waals surface area (Å²) in [6.45, 7) is 0.786. The van der Waals surface area contributed by atoms with Gasteiger partial charge >= 0.3 is 0 Å².